The third-order valence-electron chi connectivity index (χ3n) is 4.76. The van der Waals surface area contributed by atoms with Crippen molar-refractivity contribution >= 4 is 29.4 Å². The monoisotopic (exact) mass is 396 g/mol. The van der Waals surface area contributed by atoms with E-state index in [9.17, 15) is 19.5 Å². The van der Waals surface area contributed by atoms with Gasteiger partial charge in [0.15, 0.2) is 6.04 Å². The number of amides is 2. The Morgan fingerprint density at radius 3 is 2.56 bits per heavy atom. The van der Waals surface area contributed by atoms with Gasteiger partial charge in [0.05, 0.1) is 18.7 Å². The van der Waals surface area contributed by atoms with E-state index in [1.807, 2.05) is 0 Å². The number of carboxylic acid groups (broad SMARTS) is 1. The molecule has 0 saturated heterocycles. The van der Waals surface area contributed by atoms with Gasteiger partial charge in [-0.05, 0) is 30.0 Å². The topological polar surface area (TPSA) is 105 Å². The first kappa shape index (κ1) is 21.0. The molecule has 0 heterocycles. The summed E-state index contributed by atoms with van der Waals surface area (Å²) in [7, 11) is 1.45. The van der Waals surface area contributed by atoms with Crippen LogP contribution in [0.15, 0.2) is 18.2 Å². The van der Waals surface area contributed by atoms with E-state index in [0.717, 1.165) is 6.42 Å². The molecule has 8 heteroatoms. The summed E-state index contributed by atoms with van der Waals surface area (Å²) in [4.78, 5) is 35.4. The number of halogens is 1. The molecule has 1 aromatic rings. The normalized spacial score (nSPS) is 15.2. The van der Waals surface area contributed by atoms with E-state index in [2.05, 4.69) is 10.6 Å². The van der Waals surface area contributed by atoms with E-state index in [0.29, 0.717) is 23.7 Å². The van der Waals surface area contributed by atoms with Crippen LogP contribution < -0.4 is 15.4 Å². The number of carbonyl (C=O) groups excluding carboxylic acids is 2. The minimum absolute atomic E-state index is 0.198. The van der Waals surface area contributed by atoms with Crippen LogP contribution in [0.4, 0.5) is 0 Å². The second kappa shape index (κ2) is 10.2. The predicted octanol–water partition coefficient (Wildman–Crippen LogP) is 2.68. The summed E-state index contributed by atoms with van der Waals surface area (Å²) < 4.78 is 5.03. The summed E-state index contributed by atoms with van der Waals surface area (Å²) in [6.07, 6.45) is 5.99. The number of ether oxygens (including phenoxy) is 1. The van der Waals surface area contributed by atoms with Crippen LogP contribution in [-0.2, 0) is 14.4 Å². The third kappa shape index (κ3) is 6.43. The van der Waals surface area contributed by atoms with Gasteiger partial charge in [-0.15, -0.1) is 0 Å². The van der Waals surface area contributed by atoms with Gasteiger partial charge in [-0.2, -0.15) is 0 Å². The molecule has 1 saturated carbocycles. The van der Waals surface area contributed by atoms with Gasteiger partial charge in [0.25, 0.3) is 0 Å². The molecule has 1 fully saturated rings. The fourth-order valence-corrected chi connectivity index (χ4v) is 3.53. The van der Waals surface area contributed by atoms with Crippen molar-refractivity contribution in [2.45, 2.75) is 44.6 Å². The molecule has 1 aromatic carbocycles. The largest absolute Gasteiger partial charge is 0.495 e. The van der Waals surface area contributed by atoms with Crippen LogP contribution in [-0.4, -0.2) is 36.5 Å². The molecule has 0 radical (unpaired) electrons. The number of benzene rings is 1. The van der Waals surface area contributed by atoms with Crippen molar-refractivity contribution in [3.63, 3.8) is 0 Å². The molecule has 3 N–H and O–H groups in total. The number of methoxy groups -OCH3 is 1. The minimum atomic E-state index is -1.27. The zero-order valence-electron chi connectivity index (χ0n) is 15.3. The summed E-state index contributed by atoms with van der Waals surface area (Å²) in [5, 5.41) is 14.6. The number of aliphatic carboxylic acids is 1. The molecule has 1 unspecified atom stereocenters. The van der Waals surface area contributed by atoms with Gasteiger partial charge in [0.2, 0.25) is 11.8 Å². The molecule has 7 nitrogen and oxygen atoms in total. The zero-order chi connectivity index (χ0) is 19.8. The van der Waals surface area contributed by atoms with E-state index < -0.39 is 17.9 Å². The molecule has 2 amide bonds. The van der Waals surface area contributed by atoms with Crippen LogP contribution in [0.3, 0.4) is 0 Å². The van der Waals surface area contributed by atoms with Crippen molar-refractivity contribution in [2.75, 3.05) is 13.7 Å². The first-order chi connectivity index (χ1) is 12.9. The molecule has 1 aliphatic rings. The van der Waals surface area contributed by atoms with E-state index in [-0.39, 0.29) is 17.5 Å². The Bertz CT molecular complexity index is 689. The highest BCUT2D eigenvalue weighted by Crippen LogP contribution is 2.29. The highest BCUT2D eigenvalue weighted by molar-refractivity contribution is 6.32. The average molecular weight is 397 g/mol. The maximum absolute atomic E-state index is 12.1. The molecule has 148 valence electrons. The van der Waals surface area contributed by atoms with Crippen LogP contribution in [0.5, 0.6) is 5.75 Å². The second-order valence-electron chi connectivity index (χ2n) is 6.70. The van der Waals surface area contributed by atoms with Gasteiger partial charge in [0, 0.05) is 6.42 Å². The Kier molecular flexibility index (Phi) is 7.91. The molecule has 0 aromatic heterocycles. The van der Waals surface area contributed by atoms with Crippen molar-refractivity contribution in [1.82, 2.24) is 10.6 Å². The Hall–Kier alpha value is -2.28. The Labute approximate surface area is 163 Å². The van der Waals surface area contributed by atoms with Gasteiger partial charge in [-0.25, -0.2) is 4.79 Å². The average Bonchev–Trinajstić information content (AvgIpc) is 3.16. The summed E-state index contributed by atoms with van der Waals surface area (Å²) in [6, 6.07) is 3.21. The molecular weight excluding hydrogens is 372 g/mol. The lowest BCUT2D eigenvalue weighted by Gasteiger charge is -2.16. The standard InChI is InChI=1S/C19H25ClN2O5/c1-27-15-8-7-13(10-14(15)20)18(19(25)26)22-17(24)11-21-16(23)9-6-12-4-2-3-5-12/h7-8,10,12,18H,2-6,9,11H2,1H3,(H,21,23)(H,22,24)(H,25,26). The lowest BCUT2D eigenvalue weighted by atomic mass is 10.0. The maximum atomic E-state index is 12.1. The smallest absolute Gasteiger partial charge is 0.330 e. The molecule has 0 aliphatic heterocycles. The predicted molar refractivity (Wildman–Crippen MR) is 101 cm³/mol. The third-order valence-corrected chi connectivity index (χ3v) is 5.06. The molecule has 1 atom stereocenters. The van der Waals surface area contributed by atoms with E-state index >= 15 is 0 Å². The second-order valence-corrected chi connectivity index (χ2v) is 7.11. The fraction of sp³-hybridized carbons (Fsp3) is 0.526. The SMILES string of the molecule is COc1ccc(C(NC(=O)CNC(=O)CCC2CCCC2)C(=O)O)cc1Cl. The fourth-order valence-electron chi connectivity index (χ4n) is 3.26. The quantitative estimate of drug-likeness (QED) is 0.595. The van der Waals surface area contributed by atoms with Gasteiger partial charge < -0.3 is 20.5 Å². The maximum Gasteiger partial charge on any atom is 0.330 e. The summed E-state index contributed by atoms with van der Waals surface area (Å²) in [6.45, 7) is -0.267. The van der Waals surface area contributed by atoms with Gasteiger partial charge in [-0.1, -0.05) is 43.4 Å². The summed E-state index contributed by atoms with van der Waals surface area (Å²) in [5.74, 6) is -0.997. The Morgan fingerprint density at radius 2 is 1.96 bits per heavy atom. The number of carboxylic acids is 1. The number of hydrogen-bond acceptors (Lipinski definition) is 4. The van der Waals surface area contributed by atoms with Crippen molar-refractivity contribution in [2.24, 2.45) is 5.92 Å². The van der Waals surface area contributed by atoms with Crippen LogP contribution in [0.2, 0.25) is 5.02 Å². The lowest BCUT2D eigenvalue weighted by molar-refractivity contribution is -0.141. The minimum Gasteiger partial charge on any atom is -0.495 e. The van der Waals surface area contributed by atoms with Crippen LogP contribution in [0, 0.1) is 5.92 Å². The molecule has 0 spiro atoms. The van der Waals surface area contributed by atoms with E-state index in [1.165, 1.54) is 51.0 Å². The highest BCUT2D eigenvalue weighted by atomic mass is 35.5. The molecule has 0 bridgehead atoms. The van der Waals surface area contributed by atoms with E-state index in [1.54, 1.807) is 0 Å². The number of nitrogens with one attached hydrogen (secondary N) is 2. The molecular formula is C19H25ClN2O5. The van der Waals surface area contributed by atoms with Gasteiger partial charge >= 0.3 is 5.97 Å². The Balaban J connectivity index is 1.84. The zero-order valence-corrected chi connectivity index (χ0v) is 16.1. The number of carbonyl (C=O) groups is 3. The number of rotatable bonds is 9. The summed E-state index contributed by atoms with van der Waals surface area (Å²) >= 11 is 6.02. The first-order valence-electron chi connectivity index (χ1n) is 9.03. The molecule has 27 heavy (non-hydrogen) atoms. The highest BCUT2D eigenvalue weighted by Gasteiger charge is 2.23. The Morgan fingerprint density at radius 1 is 1.26 bits per heavy atom. The van der Waals surface area contributed by atoms with Gasteiger partial charge in [0.1, 0.15) is 5.75 Å². The molecule has 1 aliphatic carbocycles. The van der Waals surface area contributed by atoms with Crippen molar-refractivity contribution < 1.29 is 24.2 Å². The van der Waals surface area contributed by atoms with Crippen molar-refractivity contribution in [1.29, 1.82) is 0 Å². The van der Waals surface area contributed by atoms with Crippen LogP contribution in [0.1, 0.15) is 50.1 Å². The van der Waals surface area contributed by atoms with E-state index in [4.69, 9.17) is 16.3 Å². The van der Waals surface area contributed by atoms with Crippen molar-refractivity contribution in [3.8, 4) is 5.75 Å². The van der Waals surface area contributed by atoms with Gasteiger partial charge in [-0.3, -0.25) is 9.59 Å². The summed E-state index contributed by atoms with van der Waals surface area (Å²) in [5.41, 5.74) is 0.314. The number of hydrogen-bond donors (Lipinski definition) is 3. The lowest BCUT2D eigenvalue weighted by Crippen LogP contribution is -2.41. The van der Waals surface area contributed by atoms with Crippen LogP contribution >= 0.6 is 11.6 Å². The first-order valence-corrected chi connectivity index (χ1v) is 9.40. The van der Waals surface area contributed by atoms with Crippen molar-refractivity contribution in [3.05, 3.63) is 28.8 Å². The van der Waals surface area contributed by atoms with Crippen LogP contribution in [0.25, 0.3) is 0 Å². The molecule has 2 rings (SSSR count).